The Balaban J connectivity index is 1.91. The zero-order valence-corrected chi connectivity index (χ0v) is 12.5. The molecule has 0 aliphatic carbocycles. The molecule has 3 aromatic rings. The molecule has 0 fully saturated rings. The van der Waals surface area contributed by atoms with Crippen molar-refractivity contribution in [2.45, 2.75) is 6.18 Å². The largest absolute Gasteiger partial charge is 0.417 e. The Hall–Kier alpha value is -1.65. The van der Waals surface area contributed by atoms with Gasteiger partial charge in [-0.25, -0.2) is 4.98 Å². The highest BCUT2D eigenvalue weighted by Crippen LogP contribution is 2.32. The van der Waals surface area contributed by atoms with E-state index in [1.54, 1.807) is 5.38 Å². The fourth-order valence-corrected chi connectivity index (χ4v) is 3.22. The van der Waals surface area contributed by atoms with E-state index >= 15 is 0 Å². The van der Waals surface area contributed by atoms with Gasteiger partial charge < -0.3 is 0 Å². The summed E-state index contributed by atoms with van der Waals surface area (Å²) >= 11 is 7.50. The summed E-state index contributed by atoms with van der Waals surface area (Å²) in [5, 5.41) is 9.57. The molecule has 4 nitrogen and oxygen atoms in total. The zero-order valence-electron chi connectivity index (χ0n) is 10.0. The van der Waals surface area contributed by atoms with E-state index in [4.69, 9.17) is 12.2 Å². The molecule has 0 bridgehead atoms. The van der Waals surface area contributed by atoms with Gasteiger partial charge in [0.05, 0.1) is 11.3 Å². The number of hydrogen-bond donors (Lipinski definition) is 1. The van der Waals surface area contributed by atoms with Crippen LogP contribution in [-0.4, -0.2) is 20.2 Å². The van der Waals surface area contributed by atoms with Crippen LogP contribution in [0, 0.1) is 3.95 Å². The van der Waals surface area contributed by atoms with E-state index in [1.165, 1.54) is 28.7 Å². The second kappa shape index (κ2) is 5.28. The van der Waals surface area contributed by atoms with E-state index in [2.05, 4.69) is 20.2 Å². The molecule has 0 aliphatic heterocycles. The van der Waals surface area contributed by atoms with Crippen molar-refractivity contribution < 1.29 is 13.2 Å². The van der Waals surface area contributed by atoms with Gasteiger partial charge in [-0.15, -0.1) is 11.3 Å². The van der Waals surface area contributed by atoms with Gasteiger partial charge in [-0.1, -0.05) is 11.3 Å². The van der Waals surface area contributed by atoms with Crippen LogP contribution >= 0.6 is 34.9 Å². The van der Waals surface area contributed by atoms with Crippen molar-refractivity contribution in [3.8, 4) is 21.4 Å². The van der Waals surface area contributed by atoms with Crippen LogP contribution in [0.1, 0.15) is 5.56 Å². The van der Waals surface area contributed by atoms with Gasteiger partial charge >= 0.3 is 6.18 Å². The molecule has 0 saturated heterocycles. The SMILES string of the molecule is FC(F)(F)c1ccc(-c2nc(-c3n[nH]c(=S)s3)cs2)nc1. The monoisotopic (exact) mass is 346 g/mol. The van der Waals surface area contributed by atoms with Crippen LogP contribution in [0.25, 0.3) is 21.4 Å². The summed E-state index contributed by atoms with van der Waals surface area (Å²) in [7, 11) is 0. The minimum absolute atomic E-state index is 0.387. The highest BCUT2D eigenvalue weighted by molar-refractivity contribution is 7.73. The van der Waals surface area contributed by atoms with Gasteiger partial charge in [0.15, 0.2) is 8.96 Å². The Morgan fingerprint density at radius 2 is 1.95 bits per heavy atom. The van der Waals surface area contributed by atoms with Gasteiger partial charge in [-0.2, -0.15) is 18.3 Å². The number of pyridine rings is 1. The number of aromatic nitrogens is 4. The molecule has 0 amide bonds. The average molecular weight is 346 g/mol. The first kappa shape index (κ1) is 14.3. The molecule has 21 heavy (non-hydrogen) atoms. The number of nitrogens with zero attached hydrogens (tertiary/aromatic N) is 3. The van der Waals surface area contributed by atoms with Crippen LogP contribution in [0.15, 0.2) is 23.7 Å². The maximum absolute atomic E-state index is 12.5. The lowest BCUT2D eigenvalue weighted by atomic mass is 10.2. The molecular formula is C11H5F3N4S3. The Bertz CT molecular complexity index is 816. The molecule has 0 unspecified atom stereocenters. The molecule has 0 atom stereocenters. The number of aromatic amines is 1. The molecule has 0 aliphatic rings. The van der Waals surface area contributed by atoms with Gasteiger partial charge in [0.2, 0.25) is 0 Å². The summed E-state index contributed by atoms with van der Waals surface area (Å²) in [5.74, 6) is 0. The van der Waals surface area contributed by atoms with Crippen molar-refractivity contribution in [1.82, 2.24) is 20.2 Å². The first-order valence-electron chi connectivity index (χ1n) is 5.48. The Kier molecular flexibility index (Phi) is 3.59. The molecule has 3 rings (SSSR count). The van der Waals surface area contributed by atoms with Crippen LogP contribution < -0.4 is 0 Å². The predicted molar refractivity (Wildman–Crippen MR) is 76.6 cm³/mol. The van der Waals surface area contributed by atoms with Gasteiger partial charge in [0.1, 0.15) is 10.7 Å². The van der Waals surface area contributed by atoms with E-state index in [0.29, 0.717) is 25.4 Å². The van der Waals surface area contributed by atoms with E-state index in [1.807, 2.05) is 0 Å². The Morgan fingerprint density at radius 3 is 2.52 bits per heavy atom. The average Bonchev–Trinajstić information content (AvgIpc) is 3.06. The molecule has 3 aromatic heterocycles. The highest BCUT2D eigenvalue weighted by atomic mass is 32.1. The molecule has 1 N–H and O–H groups in total. The third-order valence-corrected chi connectivity index (χ3v) is 4.45. The van der Waals surface area contributed by atoms with Crippen molar-refractivity contribution in [2.24, 2.45) is 0 Å². The van der Waals surface area contributed by atoms with Gasteiger partial charge in [0, 0.05) is 11.6 Å². The number of rotatable bonds is 2. The predicted octanol–water partition coefficient (Wildman–Crippen LogP) is 4.40. The van der Waals surface area contributed by atoms with Crippen LogP contribution in [0.3, 0.4) is 0 Å². The quantitative estimate of drug-likeness (QED) is 0.699. The van der Waals surface area contributed by atoms with Crippen LogP contribution in [0.5, 0.6) is 0 Å². The number of hydrogen-bond acceptors (Lipinski definition) is 6. The molecule has 108 valence electrons. The number of thiazole rings is 1. The highest BCUT2D eigenvalue weighted by Gasteiger charge is 2.30. The lowest BCUT2D eigenvalue weighted by molar-refractivity contribution is -0.137. The van der Waals surface area contributed by atoms with Crippen LogP contribution in [-0.2, 0) is 6.18 Å². The van der Waals surface area contributed by atoms with Crippen LogP contribution in [0.2, 0.25) is 0 Å². The summed E-state index contributed by atoms with van der Waals surface area (Å²) in [6.07, 6.45) is -3.59. The number of nitrogens with one attached hydrogen (secondary N) is 1. The maximum Gasteiger partial charge on any atom is 0.417 e. The Morgan fingerprint density at radius 1 is 1.14 bits per heavy atom. The molecule has 0 radical (unpaired) electrons. The summed E-state index contributed by atoms with van der Waals surface area (Å²) in [5.41, 5.74) is 0.223. The standard InChI is InChI=1S/C11H5F3N4S3/c12-11(13,14)5-1-2-6(15-3-5)8-16-7(4-20-8)9-17-18-10(19)21-9/h1-4H,(H,18,19). The smallest absolute Gasteiger partial charge is 0.258 e. The van der Waals surface area contributed by atoms with Crippen molar-refractivity contribution in [3.63, 3.8) is 0 Å². The normalized spacial score (nSPS) is 11.8. The second-order valence-corrected chi connectivity index (χ2v) is 6.41. The number of H-pyrrole nitrogens is 1. The fourth-order valence-electron chi connectivity index (χ4n) is 1.52. The second-order valence-electron chi connectivity index (χ2n) is 3.89. The van der Waals surface area contributed by atoms with Crippen molar-refractivity contribution in [3.05, 3.63) is 33.2 Å². The fraction of sp³-hybridized carbons (Fsp3) is 0.0909. The number of alkyl halides is 3. The van der Waals surface area contributed by atoms with Crippen LogP contribution in [0.4, 0.5) is 13.2 Å². The molecule has 0 saturated carbocycles. The molecule has 3 heterocycles. The van der Waals surface area contributed by atoms with E-state index in [9.17, 15) is 13.2 Å². The van der Waals surface area contributed by atoms with E-state index < -0.39 is 11.7 Å². The van der Waals surface area contributed by atoms with Gasteiger partial charge in [-0.3, -0.25) is 10.1 Å². The van der Waals surface area contributed by atoms with Gasteiger partial charge in [0.25, 0.3) is 0 Å². The maximum atomic E-state index is 12.5. The first-order valence-corrected chi connectivity index (χ1v) is 7.59. The van der Waals surface area contributed by atoms with Crippen molar-refractivity contribution >= 4 is 34.9 Å². The summed E-state index contributed by atoms with van der Waals surface area (Å²) in [4.78, 5) is 8.12. The lowest BCUT2D eigenvalue weighted by Gasteiger charge is -2.05. The summed E-state index contributed by atoms with van der Waals surface area (Å²) < 4.78 is 38.0. The van der Waals surface area contributed by atoms with E-state index in [-0.39, 0.29) is 0 Å². The van der Waals surface area contributed by atoms with E-state index in [0.717, 1.165) is 12.3 Å². The molecule has 10 heteroatoms. The third kappa shape index (κ3) is 3.01. The molecule has 0 spiro atoms. The first-order chi connectivity index (χ1) is 9.93. The topological polar surface area (TPSA) is 54.5 Å². The molecular weight excluding hydrogens is 341 g/mol. The van der Waals surface area contributed by atoms with Crippen molar-refractivity contribution in [1.29, 1.82) is 0 Å². The minimum Gasteiger partial charge on any atom is -0.258 e. The zero-order chi connectivity index (χ0) is 15.0. The summed E-state index contributed by atoms with van der Waals surface area (Å²) in [6.45, 7) is 0. The number of halogens is 3. The Labute approximate surface area is 129 Å². The summed E-state index contributed by atoms with van der Waals surface area (Å²) in [6, 6.07) is 2.29. The third-order valence-electron chi connectivity index (χ3n) is 2.47. The molecule has 0 aromatic carbocycles. The minimum atomic E-state index is -4.39. The van der Waals surface area contributed by atoms with Gasteiger partial charge in [-0.05, 0) is 24.4 Å². The van der Waals surface area contributed by atoms with Crippen molar-refractivity contribution in [2.75, 3.05) is 0 Å². The lowest BCUT2D eigenvalue weighted by Crippen LogP contribution is -2.05.